The summed E-state index contributed by atoms with van der Waals surface area (Å²) in [6.45, 7) is 9.58. The van der Waals surface area contributed by atoms with Gasteiger partial charge in [0.25, 0.3) is 0 Å². The van der Waals surface area contributed by atoms with Crippen LogP contribution < -0.4 is 18.9 Å². The smallest absolute Gasteiger partial charge is 0.228 e. The first kappa shape index (κ1) is 57.7. The van der Waals surface area contributed by atoms with Crippen LogP contribution in [0.3, 0.4) is 0 Å². The zero-order valence-electron chi connectivity index (χ0n) is 42.5. The molecule has 0 unspecified atom stereocenters. The number of ether oxygens (including phenoxy) is 4. The van der Waals surface area contributed by atoms with Gasteiger partial charge in [0.05, 0.1) is 70.9 Å². The lowest BCUT2D eigenvalue weighted by atomic mass is 9.98. The van der Waals surface area contributed by atoms with Crippen molar-refractivity contribution in [2.24, 2.45) is 9.98 Å². The Morgan fingerprint density at radius 3 is 1.01 bits per heavy atom. The lowest BCUT2D eigenvalue weighted by Gasteiger charge is -2.10. The monoisotopic (exact) mass is 1110 g/mol. The number of nitrogens with zero attached hydrogens (tertiary/aromatic N) is 2. The van der Waals surface area contributed by atoms with E-state index in [2.05, 4.69) is 37.7 Å². The highest BCUT2D eigenvalue weighted by molar-refractivity contribution is 7.12. The fourth-order valence-electron chi connectivity index (χ4n) is 8.39. The number of rotatable bonds is 30. The third-order valence-corrected chi connectivity index (χ3v) is 14.2. The molecule has 410 valence electrons. The molecule has 7 rings (SSSR count). The highest BCUT2D eigenvalue weighted by atomic mass is 32.1. The summed E-state index contributed by atoms with van der Waals surface area (Å²) in [7, 11) is 0. The van der Waals surface area contributed by atoms with Gasteiger partial charge in [0, 0.05) is 21.5 Å². The fraction of sp³-hybridized carbons (Fsp3) is 0.429. The van der Waals surface area contributed by atoms with Crippen LogP contribution in [-0.2, 0) is 0 Å². The van der Waals surface area contributed by atoms with E-state index in [1.807, 2.05) is 0 Å². The molecule has 0 spiro atoms. The Hall–Kier alpha value is -6.02. The number of aliphatic imine (C=N–C) groups is 2. The van der Waals surface area contributed by atoms with Crippen molar-refractivity contribution in [3.05, 3.63) is 90.8 Å². The molecule has 0 atom stereocenters. The van der Waals surface area contributed by atoms with Crippen LogP contribution in [0.25, 0.3) is 44.2 Å². The molecule has 4 heterocycles. The molecule has 0 saturated heterocycles. The molecule has 0 aliphatic carbocycles. The van der Waals surface area contributed by atoms with Gasteiger partial charge in [0.1, 0.15) is 11.2 Å². The van der Waals surface area contributed by atoms with Crippen LogP contribution in [0.4, 0.5) is 55.7 Å². The van der Waals surface area contributed by atoms with E-state index in [1.54, 1.807) is 10.8 Å². The quantitative estimate of drug-likeness (QED) is 0.0147. The Labute approximate surface area is 441 Å². The number of thiophene rings is 2. The largest absolute Gasteiger partial charge is 0.489 e. The molecule has 4 aromatic heterocycles. The van der Waals surface area contributed by atoms with Gasteiger partial charge in [-0.25, -0.2) is 53.9 Å². The summed E-state index contributed by atoms with van der Waals surface area (Å²) in [4.78, 5) is 9.37. The molecule has 0 N–H and O–H groups in total. The van der Waals surface area contributed by atoms with E-state index in [4.69, 9.17) is 27.8 Å². The average molecular weight is 1110 g/mol. The Kier molecular flexibility index (Phi) is 20.7. The number of hydrogen-bond acceptors (Lipinski definition) is 10. The van der Waals surface area contributed by atoms with E-state index in [-0.39, 0.29) is 24.7 Å². The molecule has 0 aliphatic heterocycles. The van der Waals surface area contributed by atoms with Crippen molar-refractivity contribution in [1.82, 2.24) is 0 Å². The van der Waals surface area contributed by atoms with Crippen molar-refractivity contribution in [3.8, 4) is 45.3 Å². The van der Waals surface area contributed by atoms with Crippen molar-refractivity contribution in [1.29, 1.82) is 0 Å². The zero-order valence-corrected chi connectivity index (χ0v) is 44.2. The molecule has 3 aromatic carbocycles. The molecule has 0 saturated carbocycles. The summed E-state index contributed by atoms with van der Waals surface area (Å²) in [6.07, 6.45) is 16.8. The fourth-order valence-corrected chi connectivity index (χ4v) is 9.97. The highest BCUT2D eigenvalue weighted by Gasteiger charge is 2.34. The van der Waals surface area contributed by atoms with Crippen LogP contribution in [0.2, 0.25) is 0 Å². The second-order valence-electron chi connectivity index (χ2n) is 18.0. The second-order valence-corrected chi connectivity index (χ2v) is 19.9. The van der Waals surface area contributed by atoms with Crippen LogP contribution in [0, 0.1) is 58.2 Å². The first-order valence-electron chi connectivity index (χ1n) is 25.7. The average Bonchev–Trinajstić information content (AvgIpc) is 4.19. The van der Waals surface area contributed by atoms with Crippen LogP contribution in [0.1, 0.15) is 140 Å². The number of unbranched alkanes of at least 4 members (excludes halogenated alkanes) is 12. The second kappa shape index (κ2) is 27.3. The maximum Gasteiger partial charge on any atom is 0.228 e. The molecule has 0 radical (unpaired) electrons. The zero-order chi connectivity index (χ0) is 54.5. The van der Waals surface area contributed by atoms with E-state index < -0.39 is 114 Å². The van der Waals surface area contributed by atoms with Crippen molar-refractivity contribution in [2.45, 2.75) is 130 Å². The van der Waals surface area contributed by atoms with Gasteiger partial charge in [-0.3, -0.25) is 0 Å². The number of fused-ring (bicyclic) bond motifs is 2. The maximum absolute atomic E-state index is 16.0. The molecule has 76 heavy (non-hydrogen) atoms. The van der Waals surface area contributed by atoms with E-state index in [1.165, 1.54) is 12.4 Å². The summed E-state index contributed by atoms with van der Waals surface area (Å²) < 4.78 is 190. The number of hydrogen-bond donors (Lipinski definition) is 0. The Bertz CT molecular complexity index is 2900. The highest BCUT2D eigenvalue weighted by Crippen LogP contribution is 2.50. The SMILES string of the molecule is CCCCCCOc1csc(/C=N\c2oc3cc4c(-c5c(F)c(F)c(F)c(F)c5F)c(/N=C/c5scc(OCCCCCC)c5OCCCCCC)oc4cc3c2-c2c(F)c(F)c(F)c(F)c2F)c1OCCCCCC. The van der Waals surface area contributed by atoms with Crippen molar-refractivity contribution >= 4 is 68.8 Å². The van der Waals surface area contributed by atoms with E-state index in [9.17, 15) is 8.78 Å². The van der Waals surface area contributed by atoms with E-state index >= 15 is 35.1 Å². The molecular weight excluding hydrogens is 1050 g/mol. The normalized spacial score (nSPS) is 12.0. The van der Waals surface area contributed by atoms with Gasteiger partial charge in [-0.15, -0.1) is 22.7 Å². The standard InChI is InChI=1S/C56H58F10N2O6S2/c1-5-9-13-17-21-69-35-29-75-37(53(35)71-23-19-15-11-7-3)27-67-55-39(41-43(57)47(61)51(65)48(62)44(41)58)31-25-34-32(26-33(31)73-55)40(42-45(59)49(63)52(66)50(64)46(42)60)56(74-34)68-28-38-54(72-24-20-16-12-8-4)36(30-76-38)70-22-18-14-10-6-2/h25-30H,5-24H2,1-4H3/b67-27-,68-28+. The van der Waals surface area contributed by atoms with Crippen LogP contribution >= 0.6 is 22.7 Å². The van der Waals surface area contributed by atoms with Gasteiger partial charge in [-0.1, -0.05) is 105 Å². The van der Waals surface area contributed by atoms with Crippen molar-refractivity contribution < 1.29 is 71.7 Å². The minimum Gasteiger partial charge on any atom is -0.489 e. The van der Waals surface area contributed by atoms with Gasteiger partial charge in [0.2, 0.25) is 23.4 Å². The third kappa shape index (κ3) is 12.9. The molecule has 0 fully saturated rings. The molecular formula is C56H58F10N2O6S2. The summed E-state index contributed by atoms with van der Waals surface area (Å²) in [5, 5.41) is 2.54. The molecule has 8 nitrogen and oxygen atoms in total. The van der Waals surface area contributed by atoms with Gasteiger partial charge < -0.3 is 27.8 Å². The lowest BCUT2D eigenvalue weighted by molar-refractivity contribution is 0.261. The Balaban J connectivity index is 1.41. The van der Waals surface area contributed by atoms with Gasteiger partial charge in [-0.2, -0.15) is 0 Å². The van der Waals surface area contributed by atoms with Crippen LogP contribution in [0.5, 0.6) is 23.0 Å². The van der Waals surface area contributed by atoms with E-state index in [0.29, 0.717) is 47.3 Å². The number of halogens is 10. The molecule has 7 aromatic rings. The van der Waals surface area contributed by atoms with Gasteiger partial charge >= 0.3 is 0 Å². The van der Waals surface area contributed by atoms with Crippen molar-refractivity contribution in [2.75, 3.05) is 26.4 Å². The first-order chi connectivity index (χ1) is 36.8. The molecule has 0 bridgehead atoms. The molecule has 0 amide bonds. The predicted molar refractivity (Wildman–Crippen MR) is 278 cm³/mol. The predicted octanol–water partition coefficient (Wildman–Crippen LogP) is 19.4. The Morgan fingerprint density at radius 1 is 0.395 bits per heavy atom. The van der Waals surface area contributed by atoms with Crippen molar-refractivity contribution in [3.63, 3.8) is 0 Å². The Morgan fingerprint density at radius 2 is 0.697 bits per heavy atom. The lowest BCUT2D eigenvalue weighted by Crippen LogP contribution is -2.04. The molecule has 0 aliphatic rings. The number of furan rings is 2. The summed E-state index contributed by atoms with van der Waals surface area (Å²) in [5.41, 5.74) is -5.35. The summed E-state index contributed by atoms with van der Waals surface area (Å²) >= 11 is 2.24. The first-order valence-corrected chi connectivity index (χ1v) is 27.4. The van der Waals surface area contributed by atoms with E-state index in [0.717, 1.165) is 125 Å². The minimum absolute atomic E-state index is 0.284. The van der Waals surface area contributed by atoms with Crippen LogP contribution in [0.15, 0.2) is 41.7 Å². The topological polar surface area (TPSA) is 87.9 Å². The van der Waals surface area contributed by atoms with Gasteiger partial charge in [-0.05, 0) is 37.8 Å². The summed E-state index contributed by atoms with van der Waals surface area (Å²) in [6, 6.07) is 1.96. The maximum atomic E-state index is 16.0. The minimum atomic E-state index is -2.44. The van der Waals surface area contributed by atoms with Gasteiger partial charge in [0.15, 0.2) is 69.5 Å². The van der Waals surface area contributed by atoms with Crippen LogP contribution in [-0.4, -0.2) is 38.9 Å². The summed E-state index contributed by atoms with van der Waals surface area (Å²) in [5.74, 6) is -23.1. The number of benzene rings is 3. The third-order valence-electron chi connectivity index (χ3n) is 12.5. The molecule has 20 heteroatoms.